The summed E-state index contributed by atoms with van der Waals surface area (Å²) in [5, 5.41) is 0. The van der Waals surface area contributed by atoms with Crippen molar-refractivity contribution in [3.63, 3.8) is 0 Å². The van der Waals surface area contributed by atoms with Gasteiger partial charge in [-0.05, 0) is 86.5 Å². The van der Waals surface area contributed by atoms with Gasteiger partial charge in [0, 0.05) is 0 Å². The predicted molar refractivity (Wildman–Crippen MR) is 93.3 cm³/mol. The second-order valence-electron chi connectivity index (χ2n) is 8.01. The van der Waals surface area contributed by atoms with Gasteiger partial charge in [0.05, 0.1) is 17.7 Å². The molecule has 4 bridgehead atoms. The van der Waals surface area contributed by atoms with Gasteiger partial charge < -0.3 is 9.47 Å². The molecule has 1 aromatic carbocycles. The van der Waals surface area contributed by atoms with E-state index in [1.807, 2.05) is 6.92 Å². The monoisotopic (exact) mass is 342 g/mol. The van der Waals surface area contributed by atoms with Gasteiger partial charge in [-0.3, -0.25) is 0 Å². The van der Waals surface area contributed by atoms with Crippen molar-refractivity contribution >= 4 is 11.9 Å². The molecule has 4 saturated carbocycles. The second kappa shape index (κ2) is 6.81. The Morgan fingerprint density at radius 1 is 0.880 bits per heavy atom. The maximum absolute atomic E-state index is 12.6. The minimum Gasteiger partial charge on any atom is -0.462 e. The second-order valence-corrected chi connectivity index (χ2v) is 8.01. The molecule has 25 heavy (non-hydrogen) atoms. The highest BCUT2D eigenvalue weighted by molar-refractivity contribution is 5.93. The van der Waals surface area contributed by atoms with E-state index >= 15 is 0 Å². The maximum Gasteiger partial charge on any atom is 0.338 e. The van der Waals surface area contributed by atoms with E-state index in [1.165, 1.54) is 32.1 Å². The predicted octanol–water partition coefficient (Wildman–Crippen LogP) is 4.23. The van der Waals surface area contributed by atoms with Gasteiger partial charge in [0.15, 0.2) is 0 Å². The lowest BCUT2D eigenvalue weighted by Crippen LogP contribution is -2.50. The number of hydrogen-bond donors (Lipinski definition) is 0. The lowest BCUT2D eigenvalue weighted by molar-refractivity contribution is -0.101. The minimum absolute atomic E-state index is 0.0921. The van der Waals surface area contributed by atoms with Gasteiger partial charge in [0.25, 0.3) is 0 Å². The molecular weight excluding hydrogens is 316 g/mol. The average molecular weight is 342 g/mol. The van der Waals surface area contributed by atoms with Crippen LogP contribution in [-0.4, -0.2) is 24.6 Å². The summed E-state index contributed by atoms with van der Waals surface area (Å²) < 4.78 is 11.0. The number of ether oxygens (including phenoxy) is 2. The molecule has 0 N–H and O–H groups in total. The molecule has 134 valence electrons. The largest absolute Gasteiger partial charge is 0.462 e. The van der Waals surface area contributed by atoms with Crippen LogP contribution in [0.4, 0.5) is 0 Å². The van der Waals surface area contributed by atoms with E-state index in [9.17, 15) is 9.59 Å². The van der Waals surface area contributed by atoms with Crippen LogP contribution in [0.5, 0.6) is 0 Å². The molecule has 0 saturated heterocycles. The zero-order valence-corrected chi connectivity index (χ0v) is 14.8. The number of benzene rings is 1. The molecule has 0 spiro atoms. The summed E-state index contributed by atoms with van der Waals surface area (Å²) in [6, 6.07) is 6.62. The highest BCUT2D eigenvalue weighted by Gasteiger charge is 2.49. The van der Waals surface area contributed by atoms with Crippen molar-refractivity contribution in [3.05, 3.63) is 35.4 Å². The van der Waals surface area contributed by atoms with Gasteiger partial charge in [-0.1, -0.05) is 6.92 Å². The van der Waals surface area contributed by atoms with Crippen molar-refractivity contribution < 1.29 is 19.1 Å². The van der Waals surface area contributed by atoms with Crippen LogP contribution in [0.25, 0.3) is 0 Å². The first kappa shape index (κ1) is 16.6. The highest BCUT2D eigenvalue weighted by atomic mass is 16.5. The summed E-state index contributed by atoms with van der Waals surface area (Å²) in [5.74, 6) is 2.25. The van der Waals surface area contributed by atoms with Crippen molar-refractivity contribution in [1.82, 2.24) is 0 Å². The number of rotatable bonds is 5. The molecule has 4 heteroatoms. The third kappa shape index (κ3) is 3.31. The Bertz CT molecular complexity index is 620. The summed E-state index contributed by atoms with van der Waals surface area (Å²) in [4.78, 5) is 24.4. The Morgan fingerprint density at radius 3 is 1.92 bits per heavy atom. The first-order chi connectivity index (χ1) is 12.1. The van der Waals surface area contributed by atoms with Crippen molar-refractivity contribution in [2.75, 3.05) is 6.61 Å². The molecule has 0 unspecified atom stereocenters. The Labute approximate surface area is 148 Å². The number of carbonyl (C=O) groups excluding carboxylic acids is 2. The molecule has 0 radical (unpaired) electrons. The van der Waals surface area contributed by atoms with E-state index in [0.29, 0.717) is 29.6 Å². The zero-order chi connectivity index (χ0) is 17.4. The van der Waals surface area contributed by atoms with Crippen LogP contribution in [0.3, 0.4) is 0 Å². The van der Waals surface area contributed by atoms with E-state index in [0.717, 1.165) is 18.3 Å². The molecule has 5 rings (SSSR count). The Balaban J connectivity index is 1.39. The molecule has 0 aromatic heterocycles. The van der Waals surface area contributed by atoms with Gasteiger partial charge >= 0.3 is 11.9 Å². The Hall–Kier alpha value is -1.84. The minimum atomic E-state index is -0.345. The van der Waals surface area contributed by atoms with Crippen LogP contribution >= 0.6 is 0 Å². The molecule has 4 aliphatic carbocycles. The van der Waals surface area contributed by atoms with E-state index < -0.39 is 0 Å². The lowest BCUT2D eigenvalue weighted by Gasteiger charge is -2.53. The molecule has 0 heterocycles. The SMILES string of the molecule is CCCOC(=O)c1ccc(C(=O)OC2C3CC4CC(C3)CC2C4)cc1. The summed E-state index contributed by atoms with van der Waals surface area (Å²) in [7, 11) is 0. The van der Waals surface area contributed by atoms with E-state index in [1.54, 1.807) is 24.3 Å². The molecule has 4 nitrogen and oxygen atoms in total. The summed E-state index contributed by atoms with van der Waals surface area (Å²) in [6.45, 7) is 2.37. The van der Waals surface area contributed by atoms with Gasteiger partial charge in [-0.15, -0.1) is 0 Å². The fourth-order valence-corrected chi connectivity index (χ4v) is 5.28. The van der Waals surface area contributed by atoms with E-state index in [4.69, 9.17) is 9.47 Å². The highest BCUT2D eigenvalue weighted by Crippen LogP contribution is 2.54. The van der Waals surface area contributed by atoms with Crippen molar-refractivity contribution in [2.24, 2.45) is 23.7 Å². The summed E-state index contributed by atoms with van der Waals surface area (Å²) >= 11 is 0. The van der Waals surface area contributed by atoms with E-state index in [-0.39, 0.29) is 18.0 Å². The standard InChI is InChI=1S/C21H26O4/c1-2-7-24-20(22)15-3-5-16(6-4-15)21(23)25-19-17-9-13-8-14(11-17)12-18(19)10-13/h3-6,13-14,17-19H,2,7-12H2,1H3. The van der Waals surface area contributed by atoms with Crippen LogP contribution in [0.2, 0.25) is 0 Å². The molecule has 0 amide bonds. The van der Waals surface area contributed by atoms with Crippen LogP contribution in [-0.2, 0) is 9.47 Å². The summed E-state index contributed by atoms with van der Waals surface area (Å²) in [5.41, 5.74) is 0.987. The van der Waals surface area contributed by atoms with Crippen LogP contribution in [0.1, 0.15) is 66.2 Å². The number of hydrogen-bond acceptors (Lipinski definition) is 4. The third-order valence-corrected chi connectivity index (χ3v) is 6.18. The molecule has 0 atom stereocenters. The lowest BCUT2D eigenvalue weighted by atomic mass is 9.55. The average Bonchev–Trinajstić information content (AvgIpc) is 2.62. The maximum atomic E-state index is 12.6. The molecule has 4 fully saturated rings. The Morgan fingerprint density at radius 2 is 1.40 bits per heavy atom. The van der Waals surface area contributed by atoms with Crippen molar-refractivity contribution in [3.8, 4) is 0 Å². The fraction of sp³-hybridized carbons (Fsp3) is 0.619. The third-order valence-electron chi connectivity index (χ3n) is 6.18. The first-order valence-electron chi connectivity index (χ1n) is 9.62. The van der Waals surface area contributed by atoms with Gasteiger partial charge in [0.2, 0.25) is 0 Å². The van der Waals surface area contributed by atoms with Gasteiger partial charge in [-0.25, -0.2) is 9.59 Å². The van der Waals surface area contributed by atoms with Crippen LogP contribution in [0.15, 0.2) is 24.3 Å². The van der Waals surface area contributed by atoms with Gasteiger partial charge in [0.1, 0.15) is 6.10 Å². The molecule has 0 aliphatic heterocycles. The van der Waals surface area contributed by atoms with E-state index in [2.05, 4.69) is 0 Å². The fourth-order valence-electron chi connectivity index (χ4n) is 5.28. The quantitative estimate of drug-likeness (QED) is 0.751. The first-order valence-corrected chi connectivity index (χ1v) is 9.62. The number of carbonyl (C=O) groups is 2. The van der Waals surface area contributed by atoms with Crippen LogP contribution in [0, 0.1) is 23.7 Å². The Kier molecular flexibility index (Phi) is 4.53. The smallest absolute Gasteiger partial charge is 0.338 e. The van der Waals surface area contributed by atoms with Gasteiger partial charge in [-0.2, -0.15) is 0 Å². The normalized spacial score (nSPS) is 32.4. The number of esters is 2. The van der Waals surface area contributed by atoms with Crippen molar-refractivity contribution in [1.29, 1.82) is 0 Å². The summed E-state index contributed by atoms with van der Waals surface area (Å²) in [6.07, 6.45) is 7.19. The van der Waals surface area contributed by atoms with Crippen LogP contribution < -0.4 is 0 Å². The molecule has 1 aromatic rings. The topological polar surface area (TPSA) is 52.6 Å². The zero-order valence-electron chi connectivity index (χ0n) is 14.8. The van der Waals surface area contributed by atoms with Crippen molar-refractivity contribution in [2.45, 2.75) is 51.6 Å². The molecule has 4 aliphatic rings. The molecular formula is C21H26O4.